The third-order valence-corrected chi connectivity index (χ3v) is 5.63. The molecule has 0 aliphatic carbocycles. The Bertz CT molecular complexity index is 1130. The van der Waals surface area contributed by atoms with Crippen LogP contribution in [0.4, 0.5) is 19.0 Å². The van der Waals surface area contributed by atoms with Crippen LogP contribution in [0.15, 0.2) is 30.9 Å². The van der Waals surface area contributed by atoms with Crippen molar-refractivity contribution in [3.8, 4) is 11.5 Å². The van der Waals surface area contributed by atoms with Gasteiger partial charge in [-0.25, -0.2) is 19.9 Å². The van der Waals surface area contributed by atoms with E-state index in [1.807, 2.05) is 0 Å². The van der Waals surface area contributed by atoms with Gasteiger partial charge in [-0.3, -0.25) is 14.1 Å². The van der Waals surface area contributed by atoms with Crippen LogP contribution in [0.1, 0.15) is 12.1 Å². The highest BCUT2D eigenvalue weighted by molar-refractivity contribution is 5.78. The van der Waals surface area contributed by atoms with Crippen LogP contribution >= 0.6 is 0 Å². The first-order valence-corrected chi connectivity index (χ1v) is 9.88. The van der Waals surface area contributed by atoms with E-state index in [4.69, 9.17) is 0 Å². The lowest BCUT2D eigenvalue weighted by Gasteiger charge is -2.31. The Morgan fingerprint density at radius 1 is 1.13 bits per heavy atom. The molecule has 1 unspecified atom stereocenters. The summed E-state index contributed by atoms with van der Waals surface area (Å²) in [6.45, 7) is 3.35. The van der Waals surface area contributed by atoms with Crippen LogP contribution in [0, 0.1) is 0 Å². The summed E-state index contributed by atoms with van der Waals surface area (Å²) in [5.74, 6) is 1.01. The molecule has 1 N–H and O–H groups in total. The fourth-order valence-corrected chi connectivity index (χ4v) is 4.07. The van der Waals surface area contributed by atoms with E-state index in [1.54, 1.807) is 12.3 Å². The molecule has 3 aromatic rings. The van der Waals surface area contributed by atoms with Crippen molar-refractivity contribution in [2.45, 2.75) is 18.6 Å². The molecule has 0 bridgehead atoms. The molecule has 2 aliphatic heterocycles. The van der Waals surface area contributed by atoms with Gasteiger partial charge in [0.1, 0.15) is 11.5 Å². The molecule has 12 heteroatoms. The largest absolute Gasteiger partial charge is 0.434 e. The number of nitrogens with one attached hydrogen (secondary N) is 1. The second-order valence-corrected chi connectivity index (χ2v) is 7.59. The molecule has 31 heavy (non-hydrogen) atoms. The van der Waals surface area contributed by atoms with Crippen molar-refractivity contribution in [3.05, 3.63) is 36.5 Å². The van der Waals surface area contributed by atoms with Gasteiger partial charge in [0.25, 0.3) is 0 Å². The Balaban J connectivity index is 1.40. The summed E-state index contributed by atoms with van der Waals surface area (Å²) < 4.78 is 40.5. The first-order valence-electron chi connectivity index (χ1n) is 9.88. The number of rotatable bonds is 3. The number of carbonyl (C=O) groups excluding carboxylic acids is 1. The van der Waals surface area contributed by atoms with Crippen molar-refractivity contribution in [3.63, 3.8) is 0 Å². The van der Waals surface area contributed by atoms with Gasteiger partial charge in [-0.2, -0.15) is 13.2 Å². The SMILES string of the molecule is O=C1CN(C2CCN(c3ccnc(-c4cnc5cnc(C(F)(F)F)cn45)n3)C2)CCN1. The van der Waals surface area contributed by atoms with Crippen LogP contribution in [0.5, 0.6) is 0 Å². The number of nitrogens with zero attached hydrogens (tertiary/aromatic N) is 7. The van der Waals surface area contributed by atoms with E-state index in [-0.39, 0.29) is 23.4 Å². The molecule has 0 aromatic carbocycles. The molecule has 9 nitrogen and oxygen atoms in total. The van der Waals surface area contributed by atoms with E-state index in [2.05, 4.69) is 35.1 Å². The van der Waals surface area contributed by atoms with Crippen molar-refractivity contribution >= 4 is 17.4 Å². The number of aromatic nitrogens is 5. The molecule has 5 rings (SSSR count). The number of imidazole rings is 1. The van der Waals surface area contributed by atoms with Gasteiger partial charge >= 0.3 is 6.18 Å². The molecule has 0 radical (unpaired) electrons. The van der Waals surface area contributed by atoms with Gasteiger partial charge in [0.2, 0.25) is 5.91 Å². The van der Waals surface area contributed by atoms with E-state index in [1.165, 1.54) is 10.6 Å². The molecule has 1 atom stereocenters. The van der Waals surface area contributed by atoms with Crippen LogP contribution in [-0.4, -0.2) is 73.9 Å². The van der Waals surface area contributed by atoms with Gasteiger partial charge in [0, 0.05) is 44.6 Å². The molecule has 3 aromatic heterocycles. The molecule has 0 spiro atoms. The maximum atomic E-state index is 13.1. The van der Waals surface area contributed by atoms with Gasteiger partial charge in [0.15, 0.2) is 17.2 Å². The van der Waals surface area contributed by atoms with Crippen LogP contribution < -0.4 is 10.2 Å². The summed E-state index contributed by atoms with van der Waals surface area (Å²) >= 11 is 0. The normalized spacial score (nSPS) is 20.4. The molecule has 1 amide bonds. The molecular formula is C19H19F3N8O. The monoisotopic (exact) mass is 432 g/mol. The summed E-state index contributed by atoms with van der Waals surface area (Å²) in [6.07, 6.45) is 1.36. The highest BCUT2D eigenvalue weighted by atomic mass is 19.4. The smallest absolute Gasteiger partial charge is 0.355 e. The minimum absolute atomic E-state index is 0.0364. The standard InChI is InChI=1S/C19H19F3N8O/c20-19(21,22)14-10-30-13(7-26-16(30)8-25-14)18-24-3-1-15(27-18)29-5-2-12(9-29)28-6-4-23-17(31)11-28/h1,3,7-8,10,12H,2,4-6,9,11H2,(H,23,31). The maximum absolute atomic E-state index is 13.1. The summed E-state index contributed by atoms with van der Waals surface area (Å²) in [5.41, 5.74) is -0.377. The Kier molecular flexibility index (Phi) is 4.73. The van der Waals surface area contributed by atoms with E-state index in [0.29, 0.717) is 24.6 Å². The number of hydrogen-bond donors (Lipinski definition) is 1. The Morgan fingerprint density at radius 2 is 2.00 bits per heavy atom. The zero-order valence-electron chi connectivity index (χ0n) is 16.4. The van der Waals surface area contributed by atoms with E-state index < -0.39 is 11.9 Å². The Hall–Kier alpha value is -3.28. The van der Waals surface area contributed by atoms with Gasteiger partial charge in [-0.05, 0) is 12.5 Å². The van der Waals surface area contributed by atoms with Gasteiger partial charge in [-0.1, -0.05) is 0 Å². The summed E-state index contributed by atoms with van der Waals surface area (Å²) in [5, 5.41) is 2.83. The molecule has 162 valence electrons. The second kappa shape index (κ2) is 7.45. The predicted octanol–water partition coefficient (Wildman–Crippen LogP) is 1.22. The third-order valence-electron chi connectivity index (χ3n) is 5.63. The first-order chi connectivity index (χ1) is 14.9. The fraction of sp³-hybridized carbons (Fsp3) is 0.421. The number of amides is 1. The highest BCUT2D eigenvalue weighted by Crippen LogP contribution is 2.29. The number of carbonyl (C=O) groups is 1. The van der Waals surface area contributed by atoms with E-state index in [9.17, 15) is 18.0 Å². The number of halogens is 3. The van der Waals surface area contributed by atoms with Crippen LogP contribution in [0.3, 0.4) is 0 Å². The Labute approximate surface area is 174 Å². The third kappa shape index (κ3) is 3.78. The van der Waals surface area contributed by atoms with Gasteiger partial charge in [0.05, 0.1) is 18.9 Å². The number of hydrogen-bond acceptors (Lipinski definition) is 7. The summed E-state index contributed by atoms with van der Waals surface area (Å²) in [6, 6.07) is 2.03. The van der Waals surface area contributed by atoms with Crippen molar-refractivity contribution < 1.29 is 18.0 Å². The summed E-state index contributed by atoms with van der Waals surface area (Å²) in [7, 11) is 0. The minimum Gasteiger partial charge on any atom is -0.355 e. The predicted molar refractivity (Wildman–Crippen MR) is 104 cm³/mol. The molecular weight excluding hydrogens is 413 g/mol. The molecule has 2 fully saturated rings. The average molecular weight is 432 g/mol. The number of alkyl halides is 3. The van der Waals surface area contributed by atoms with Crippen LogP contribution in [0.2, 0.25) is 0 Å². The summed E-state index contributed by atoms with van der Waals surface area (Å²) in [4.78, 5) is 32.4. The lowest BCUT2D eigenvalue weighted by molar-refractivity contribution is -0.141. The van der Waals surface area contributed by atoms with Crippen LogP contribution in [-0.2, 0) is 11.0 Å². The zero-order valence-corrected chi connectivity index (χ0v) is 16.4. The van der Waals surface area contributed by atoms with Crippen molar-refractivity contribution in [1.29, 1.82) is 0 Å². The fourth-order valence-electron chi connectivity index (χ4n) is 4.07. The van der Waals surface area contributed by atoms with Crippen molar-refractivity contribution in [2.75, 3.05) is 37.6 Å². The quantitative estimate of drug-likeness (QED) is 0.665. The lowest BCUT2D eigenvalue weighted by atomic mass is 10.2. The average Bonchev–Trinajstić information content (AvgIpc) is 3.40. The molecule has 5 heterocycles. The molecule has 2 saturated heterocycles. The van der Waals surface area contributed by atoms with Crippen LogP contribution in [0.25, 0.3) is 17.2 Å². The lowest BCUT2D eigenvalue weighted by Crippen LogP contribution is -2.52. The zero-order chi connectivity index (χ0) is 21.6. The number of fused-ring (bicyclic) bond motifs is 1. The molecule has 0 saturated carbocycles. The van der Waals surface area contributed by atoms with Gasteiger partial charge in [-0.15, -0.1) is 0 Å². The number of piperazine rings is 1. The number of anilines is 1. The highest BCUT2D eigenvalue weighted by Gasteiger charge is 2.34. The maximum Gasteiger partial charge on any atom is 0.434 e. The minimum atomic E-state index is -4.56. The topological polar surface area (TPSA) is 91.6 Å². The molecule has 2 aliphatic rings. The van der Waals surface area contributed by atoms with Crippen molar-refractivity contribution in [1.82, 2.24) is 34.6 Å². The van der Waals surface area contributed by atoms with Gasteiger partial charge < -0.3 is 10.2 Å². The van der Waals surface area contributed by atoms with E-state index in [0.717, 1.165) is 38.4 Å². The second-order valence-electron chi connectivity index (χ2n) is 7.59. The van der Waals surface area contributed by atoms with E-state index >= 15 is 0 Å². The Morgan fingerprint density at radius 3 is 2.81 bits per heavy atom. The van der Waals surface area contributed by atoms with Crippen molar-refractivity contribution in [2.24, 2.45) is 0 Å². The first kappa shape index (κ1) is 19.7.